The number of aliphatic hydroxyl groups is 1. The molecule has 2 rings (SSSR count). The summed E-state index contributed by atoms with van der Waals surface area (Å²) < 4.78 is 10.8. The lowest BCUT2D eigenvalue weighted by atomic mass is 9.96. The van der Waals surface area contributed by atoms with Crippen molar-refractivity contribution in [3.05, 3.63) is 59.2 Å². The molecular formula is C17H20O3. The van der Waals surface area contributed by atoms with Crippen LogP contribution in [0, 0.1) is 6.92 Å². The minimum atomic E-state index is -0.705. The molecule has 2 aromatic rings. The Balaban J connectivity index is 2.38. The van der Waals surface area contributed by atoms with Gasteiger partial charge in [-0.05, 0) is 43.2 Å². The van der Waals surface area contributed by atoms with Crippen molar-refractivity contribution in [2.45, 2.75) is 20.0 Å². The Bertz CT molecular complexity index is 578. The number of aryl methyl sites for hydroxylation is 1. The molecule has 106 valence electrons. The highest BCUT2D eigenvalue weighted by Crippen LogP contribution is 2.32. The first-order valence-corrected chi connectivity index (χ1v) is 6.71. The molecule has 0 saturated carbocycles. The molecule has 0 aromatic heterocycles. The summed E-state index contributed by atoms with van der Waals surface area (Å²) in [5, 5.41) is 10.6. The van der Waals surface area contributed by atoms with Crippen molar-refractivity contribution in [2.75, 3.05) is 13.7 Å². The molecule has 2 aromatic carbocycles. The fourth-order valence-electron chi connectivity index (χ4n) is 2.24. The standard InChI is InChI=1S/C17H20O3/c1-4-20-16-8-6-5-7-15(16)17(18)14-10-9-13(19-3)11-12(14)2/h5-11,17-18H,4H2,1-3H3. The van der Waals surface area contributed by atoms with Crippen LogP contribution >= 0.6 is 0 Å². The van der Waals surface area contributed by atoms with Gasteiger partial charge >= 0.3 is 0 Å². The normalized spacial score (nSPS) is 12.0. The van der Waals surface area contributed by atoms with E-state index in [0.717, 1.165) is 28.2 Å². The number of aliphatic hydroxyl groups excluding tert-OH is 1. The van der Waals surface area contributed by atoms with Gasteiger partial charge in [-0.2, -0.15) is 0 Å². The number of hydrogen-bond donors (Lipinski definition) is 1. The van der Waals surface area contributed by atoms with Crippen molar-refractivity contribution in [1.29, 1.82) is 0 Å². The van der Waals surface area contributed by atoms with Crippen molar-refractivity contribution in [1.82, 2.24) is 0 Å². The lowest BCUT2D eigenvalue weighted by Gasteiger charge is -2.18. The Morgan fingerprint density at radius 3 is 2.50 bits per heavy atom. The van der Waals surface area contributed by atoms with Crippen LogP contribution in [0.3, 0.4) is 0 Å². The highest BCUT2D eigenvalue weighted by Gasteiger charge is 2.17. The van der Waals surface area contributed by atoms with E-state index >= 15 is 0 Å². The monoisotopic (exact) mass is 272 g/mol. The highest BCUT2D eigenvalue weighted by atomic mass is 16.5. The van der Waals surface area contributed by atoms with Crippen molar-refractivity contribution >= 4 is 0 Å². The average Bonchev–Trinajstić information content (AvgIpc) is 2.47. The Labute approximate surface area is 119 Å². The van der Waals surface area contributed by atoms with Gasteiger partial charge in [0.1, 0.15) is 17.6 Å². The van der Waals surface area contributed by atoms with Crippen LogP contribution in [0.5, 0.6) is 11.5 Å². The Morgan fingerprint density at radius 1 is 1.10 bits per heavy atom. The lowest BCUT2D eigenvalue weighted by molar-refractivity contribution is 0.211. The minimum absolute atomic E-state index is 0.575. The van der Waals surface area contributed by atoms with Crippen LogP contribution in [-0.2, 0) is 0 Å². The summed E-state index contributed by atoms with van der Waals surface area (Å²) >= 11 is 0. The topological polar surface area (TPSA) is 38.7 Å². The second kappa shape index (κ2) is 6.44. The van der Waals surface area contributed by atoms with Gasteiger partial charge in [0.05, 0.1) is 13.7 Å². The summed E-state index contributed by atoms with van der Waals surface area (Å²) in [4.78, 5) is 0. The Kier molecular flexibility index (Phi) is 4.64. The molecule has 3 nitrogen and oxygen atoms in total. The summed E-state index contributed by atoms with van der Waals surface area (Å²) in [6.45, 7) is 4.47. The lowest BCUT2D eigenvalue weighted by Crippen LogP contribution is -2.05. The van der Waals surface area contributed by atoms with Crippen LogP contribution < -0.4 is 9.47 Å². The second-order valence-electron chi connectivity index (χ2n) is 4.60. The largest absolute Gasteiger partial charge is 0.497 e. The molecule has 0 aliphatic carbocycles. The van der Waals surface area contributed by atoms with E-state index in [-0.39, 0.29) is 0 Å². The van der Waals surface area contributed by atoms with Gasteiger partial charge in [0.15, 0.2) is 0 Å². The van der Waals surface area contributed by atoms with E-state index < -0.39 is 6.10 Å². The number of rotatable bonds is 5. The number of hydrogen-bond acceptors (Lipinski definition) is 3. The molecule has 3 heteroatoms. The van der Waals surface area contributed by atoms with Gasteiger partial charge in [-0.15, -0.1) is 0 Å². The summed E-state index contributed by atoms with van der Waals surface area (Å²) in [7, 11) is 1.63. The molecule has 0 fully saturated rings. The zero-order valence-electron chi connectivity index (χ0n) is 12.1. The SMILES string of the molecule is CCOc1ccccc1C(O)c1ccc(OC)cc1C. The average molecular weight is 272 g/mol. The van der Waals surface area contributed by atoms with Crippen molar-refractivity contribution in [3.63, 3.8) is 0 Å². The van der Waals surface area contributed by atoms with Crippen LogP contribution in [0.1, 0.15) is 29.7 Å². The fourth-order valence-corrected chi connectivity index (χ4v) is 2.24. The van der Waals surface area contributed by atoms with Gasteiger partial charge in [0.2, 0.25) is 0 Å². The van der Waals surface area contributed by atoms with E-state index in [9.17, 15) is 5.11 Å². The molecule has 0 spiro atoms. The first-order chi connectivity index (χ1) is 9.67. The van der Waals surface area contributed by atoms with Crippen molar-refractivity contribution < 1.29 is 14.6 Å². The highest BCUT2D eigenvalue weighted by molar-refractivity contribution is 5.44. The van der Waals surface area contributed by atoms with E-state index in [1.165, 1.54) is 0 Å². The van der Waals surface area contributed by atoms with Gasteiger partial charge in [-0.1, -0.05) is 24.3 Å². The minimum Gasteiger partial charge on any atom is -0.497 e. The molecule has 0 radical (unpaired) electrons. The molecule has 0 bridgehead atoms. The molecule has 0 heterocycles. The molecule has 0 aliphatic heterocycles. The van der Waals surface area contributed by atoms with Gasteiger partial charge in [-0.3, -0.25) is 0 Å². The van der Waals surface area contributed by atoms with E-state index in [1.54, 1.807) is 7.11 Å². The smallest absolute Gasteiger partial charge is 0.125 e. The Hall–Kier alpha value is -2.00. The van der Waals surface area contributed by atoms with Gasteiger partial charge in [0.25, 0.3) is 0 Å². The second-order valence-corrected chi connectivity index (χ2v) is 4.60. The van der Waals surface area contributed by atoms with Gasteiger partial charge in [0, 0.05) is 5.56 Å². The summed E-state index contributed by atoms with van der Waals surface area (Å²) in [5.74, 6) is 1.51. The van der Waals surface area contributed by atoms with E-state index in [2.05, 4.69) is 0 Å². The first kappa shape index (κ1) is 14.4. The maximum atomic E-state index is 10.6. The van der Waals surface area contributed by atoms with Crippen LogP contribution in [0.15, 0.2) is 42.5 Å². The first-order valence-electron chi connectivity index (χ1n) is 6.71. The number of para-hydroxylation sites is 1. The number of methoxy groups -OCH3 is 1. The molecule has 1 atom stereocenters. The van der Waals surface area contributed by atoms with Crippen molar-refractivity contribution in [3.8, 4) is 11.5 Å². The zero-order valence-corrected chi connectivity index (χ0v) is 12.1. The van der Waals surface area contributed by atoms with E-state index in [1.807, 2.05) is 56.3 Å². The van der Waals surface area contributed by atoms with Gasteiger partial charge in [-0.25, -0.2) is 0 Å². The number of benzene rings is 2. The maximum absolute atomic E-state index is 10.6. The predicted molar refractivity (Wildman–Crippen MR) is 79.4 cm³/mol. The Morgan fingerprint density at radius 2 is 1.85 bits per heavy atom. The molecular weight excluding hydrogens is 252 g/mol. The molecule has 0 saturated heterocycles. The van der Waals surface area contributed by atoms with Crippen LogP contribution in [-0.4, -0.2) is 18.8 Å². The molecule has 1 unspecified atom stereocenters. The van der Waals surface area contributed by atoms with Gasteiger partial charge < -0.3 is 14.6 Å². The quantitative estimate of drug-likeness (QED) is 0.905. The molecule has 1 N–H and O–H groups in total. The van der Waals surface area contributed by atoms with Crippen LogP contribution in [0.2, 0.25) is 0 Å². The summed E-state index contributed by atoms with van der Waals surface area (Å²) in [6.07, 6.45) is -0.705. The third-order valence-electron chi connectivity index (χ3n) is 3.28. The molecule has 0 aliphatic rings. The molecule has 20 heavy (non-hydrogen) atoms. The summed E-state index contributed by atoms with van der Waals surface area (Å²) in [5.41, 5.74) is 2.63. The third-order valence-corrected chi connectivity index (χ3v) is 3.28. The number of ether oxygens (including phenoxy) is 2. The van der Waals surface area contributed by atoms with E-state index in [4.69, 9.17) is 9.47 Å². The van der Waals surface area contributed by atoms with Crippen LogP contribution in [0.25, 0.3) is 0 Å². The van der Waals surface area contributed by atoms with Crippen LogP contribution in [0.4, 0.5) is 0 Å². The summed E-state index contributed by atoms with van der Waals surface area (Å²) in [6, 6.07) is 13.2. The fraction of sp³-hybridized carbons (Fsp3) is 0.294. The van der Waals surface area contributed by atoms with Crippen molar-refractivity contribution in [2.24, 2.45) is 0 Å². The maximum Gasteiger partial charge on any atom is 0.125 e. The third kappa shape index (κ3) is 2.94. The van der Waals surface area contributed by atoms with E-state index in [0.29, 0.717) is 6.61 Å². The predicted octanol–water partition coefficient (Wildman–Crippen LogP) is 3.48. The molecule has 0 amide bonds. The zero-order chi connectivity index (χ0) is 14.5.